The van der Waals surface area contributed by atoms with Crippen LogP contribution in [0.1, 0.15) is 43.2 Å². The molecule has 2 atom stereocenters. The molecule has 0 saturated carbocycles. The fraction of sp³-hybridized carbons (Fsp3) is 0.455. The van der Waals surface area contributed by atoms with Crippen molar-refractivity contribution in [3.8, 4) is 0 Å². The Morgan fingerprint density at radius 3 is 2.48 bits per heavy atom. The van der Waals surface area contributed by atoms with E-state index in [0.29, 0.717) is 37.7 Å². The Kier molecular flexibility index (Phi) is 6.15. The van der Waals surface area contributed by atoms with Gasteiger partial charge >= 0.3 is 0 Å². The predicted molar refractivity (Wildman–Crippen MR) is 115 cm³/mol. The molecule has 1 N–H and O–H groups in total. The number of carbonyl (C=O) groups is 2. The topological polar surface area (TPSA) is 99.9 Å². The summed E-state index contributed by atoms with van der Waals surface area (Å²) in [5.74, 6) is -0.0423. The van der Waals surface area contributed by atoms with Crippen molar-refractivity contribution in [2.45, 2.75) is 43.5 Å². The van der Waals surface area contributed by atoms with Crippen molar-refractivity contribution in [3.63, 3.8) is 0 Å². The monoisotopic (exact) mass is 445 g/mol. The zero-order chi connectivity index (χ0) is 22.0. The minimum atomic E-state index is -3.54. The van der Waals surface area contributed by atoms with Crippen LogP contribution in [-0.4, -0.2) is 55.1 Å². The van der Waals surface area contributed by atoms with E-state index < -0.39 is 16.1 Å². The molecule has 2 aliphatic heterocycles. The number of sulfonamides is 1. The minimum Gasteiger partial charge on any atom is -0.459 e. The second kappa shape index (κ2) is 8.84. The van der Waals surface area contributed by atoms with Gasteiger partial charge in [-0.3, -0.25) is 9.59 Å². The summed E-state index contributed by atoms with van der Waals surface area (Å²) in [6, 6.07) is 8.85. The Morgan fingerprint density at radius 2 is 1.81 bits per heavy atom. The van der Waals surface area contributed by atoms with Crippen molar-refractivity contribution in [1.82, 2.24) is 9.21 Å². The number of rotatable bonds is 5. The van der Waals surface area contributed by atoms with E-state index in [-0.39, 0.29) is 22.5 Å². The minimum absolute atomic E-state index is 0.210. The highest BCUT2D eigenvalue weighted by molar-refractivity contribution is 7.89. The van der Waals surface area contributed by atoms with Crippen LogP contribution in [0.5, 0.6) is 0 Å². The molecule has 0 radical (unpaired) electrons. The summed E-state index contributed by atoms with van der Waals surface area (Å²) in [4.78, 5) is 27.1. The highest BCUT2D eigenvalue weighted by Gasteiger charge is 2.35. The molecule has 0 spiro atoms. The number of likely N-dealkylation sites (tertiary alicyclic amines) is 1. The molecule has 166 valence electrons. The van der Waals surface area contributed by atoms with E-state index in [2.05, 4.69) is 12.2 Å². The normalized spacial score (nSPS) is 22.4. The van der Waals surface area contributed by atoms with Crippen molar-refractivity contribution in [2.75, 3.05) is 25.0 Å². The second-order valence-corrected chi connectivity index (χ2v) is 10.2. The Bertz CT molecular complexity index is 1030. The second-order valence-electron chi connectivity index (χ2n) is 8.26. The van der Waals surface area contributed by atoms with Crippen LogP contribution in [0, 0.1) is 5.92 Å². The Morgan fingerprint density at radius 1 is 1.06 bits per heavy atom. The molecule has 8 nitrogen and oxygen atoms in total. The molecule has 1 aromatic heterocycles. The summed E-state index contributed by atoms with van der Waals surface area (Å²) in [7, 11) is -3.54. The number of anilines is 1. The van der Waals surface area contributed by atoms with Crippen molar-refractivity contribution in [3.05, 3.63) is 48.4 Å². The van der Waals surface area contributed by atoms with E-state index in [1.54, 1.807) is 24.3 Å². The maximum Gasteiger partial charge on any atom is 0.290 e. The first-order chi connectivity index (χ1) is 14.9. The predicted octanol–water partition coefficient (Wildman–Crippen LogP) is 2.94. The standard InChI is InChI=1S/C22H27N3O5S/c1-16-5-2-12-24(15-16)31(28,29)18-10-8-17(9-11-18)23-21(26)19-6-3-13-25(19)22(27)20-7-4-14-30-20/h4,7-11,14,16,19H,2-3,5-6,12-13,15H2,1H3,(H,23,26). The molecule has 0 bridgehead atoms. The molecule has 2 fully saturated rings. The van der Waals surface area contributed by atoms with Crippen molar-refractivity contribution in [2.24, 2.45) is 5.92 Å². The SMILES string of the molecule is CC1CCCN(S(=O)(=O)c2ccc(NC(=O)C3CCCN3C(=O)c3ccco3)cc2)C1. The van der Waals surface area contributed by atoms with Gasteiger partial charge in [0.15, 0.2) is 5.76 Å². The number of nitrogens with one attached hydrogen (secondary N) is 1. The fourth-order valence-electron chi connectivity index (χ4n) is 4.27. The van der Waals surface area contributed by atoms with Gasteiger partial charge in [-0.1, -0.05) is 6.92 Å². The number of benzene rings is 1. The van der Waals surface area contributed by atoms with Crippen LogP contribution in [0.2, 0.25) is 0 Å². The van der Waals surface area contributed by atoms with Crippen LogP contribution >= 0.6 is 0 Å². The molecule has 3 heterocycles. The fourth-order valence-corrected chi connectivity index (χ4v) is 5.87. The lowest BCUT2D eigenvalue weighted by Gasteiger charge is -2.30. The van der Waals surface area contributed by atoms with Crippen LogP contribution in [0.4, 0.5) is 5.69 Å². The molecule has 2 aromatic rings. The first-order valence-corrected chi connectivity index (χ1v) is 12.1. The lowest BCUT2D eigenvalue weighted by Crippen LogP contribution is -2.43. The number of hydrogen-bond donors (Lipinski definition) is 1. The van der Waals surface area contributed by atoms with Gasteiger partial charge in [-0.2, -0.15) is 4.31 Å². The van der Waals surface area contributed by atoms with Crippen LogP contribution in [0.3, 0.4) is 0 Å². The molecule has 4 rings (SSSR count). The third-order valence-corrected chi connectivity index (χ3v) is 7.81. The zero-order valence-corrected chi connectivity index (χ0v) is 18.3. The average molecular weight is 446 g/mol. The van der Waals surface area contributed by atoms with Gasteiger partial charge in [0.2, 0.25) is 15.9 Å². The molecule has 1 aromatic carbocycles. The van der Waals surface area contributed by atoms with Crippen molar-refractivity contribution < 1.29 is 22.4 Å². The molecular weight excluding hydrogens is 418 g/mol. The summed E-state index contributed by atoms with van der Waals surface area (Å²) in [5.41, 5.74) is 0.494. The van der Waals surface area contributed by atoms with Crippen LogP contribution in [0.25, 0.3) is 0 Å². The molecular formula is C22H27N3O5S. The molecule has 2 unspecified atom stereocenters. The van der Waals surface area contributed by atoms with Gasteiger partial charge < -0.3 is 14.6 Å². The third kappa shape index (κ3) is 4.52. The van der Waals surface area contributed by atoms with Crippen LogP contribution < -0.4 is 5.32 Å². The molecule has 31 heavy (non-hydrogen) atoms. The lowest BCUT2D eigenvalue weighted by atomic mass is 10.0. The lowest BCUT2D eigenvalue weighted by molar-refractivity contribution is -0.119. The van der Waals surface area contributed by atoms with Gasteiger partial charge in [-0.05, 0) is 68.0 Å². The van der Waals surface area contributed by atoms with Crippen LogP contribution in [-0.2, 0) is 14.8 Å². The molecule has 0 aliphatic carbocycles. The summed E-state index contributed by atoms with van der Waals surface area (Å²) >= 11 is 0. The van der Waals surface area contributed by atoms with Crippen molar-refractivity contribution in [1.29, 1.82) is 0 Å². The first kappa shape index (κ1) is 21.6. The first-order valence-electron chi connectivity index (χ1n) is 10.6. The molecule has 2 saturated heterocycles. The summed E-state index contributed by atoms with van der Waals surface area (Å²) in [6.07, 6.45) is 4.63. The van der Waals surface area contributed by atoms with Gasteiger partial charge in [-0.25, -0.2) is 8.42 Å². The van der Waals surface area contributed by atoms with Crippen LogP contribution in [0.15, 0.2) is 52.0 Å². The molecule has 2 amide bonds. The van der Waals surface area contributed by atoms with E-state index in [0.717, 1.165) is 19.3 Å². The third-order valence-electron chi connectivity index (χ3n) is 5.93. The quantitative estimate of drug-likeness (QED) is 0.763. The van der Waals surface area contributed by atoms with E-state index in [1.165, 1.54) is 27.6 Å². The van der Waals surface area contributed by atoms with Gasteiger partial charge in [0.1, 0.15) is 6.04 Å². The average Bonchev–Trinajstić information content (AvgIpc) is 3.46. The summed E-state index contributed by atoms with van der Waals surface area (Å²) in [5, 5.41) is 2.81. The highest BCUT2D eigenvalue weighted by Crippen LogP contribution is 2.25. The number of piperidine rings is 1. The van der Waals surface area contributed by atoms with E-state index in [9.17, 15) is 18.0 Å². The maximum absolute atomic E-state index is 12.9. The van der Waals surface area contributed by atoms with Gasteiger partial charge in [0.05, 0.1) is 11.2 Å². The smallest absolute Gasteiger partial charge is 0.290 e. The van der Waals surface area contributed by atoms with Gasteiger partial charge in [0.25, 0.3) is 5.91 Å². The number of hydrogen-bond acceptors (Lipinski definition) is 5. The van der Waals surface area contributed by atoms with E-state index in [1.807, 2.05) is 0 Å². The van der Waals surface area contributed by atoms with Gasteiger partial charge in [-0.15, -0.1) is 0 Å². The summed E-state index contributed by atoms with van der Waals surface area (Å²) < 4.78 is 32.5. The van der Waals surface area contributed by atoms with Crippen molar-refractivity contribution >= 4 is 27.5 Å². The Labute approximate surface area is 182 Å². The highest BCUT2D eigenvalue weighted by atomic mass is 32.2. The van der Waals surface area contributed by atoms with E-state index >= 15 is 0 Å². The molecule has 2 aliphatic rings. The number of nitrogens with zero attached hydrogens (tertiary/aromatic N) is 2. The van der Waals surface area contributed by atoms with Gasteiger partial charge in [0, 0.05) is 25.3 Å². The Hall–Kier alpha value is -2.65. The molecule has 9 heteroatoms. The number of amides is 2. The maximum atomic E-state index is 12.9. The number of carbonyl (C=O) groups excluding carboxylic acids is 2. The number of furan rings is 1. The zero-order valence-electron chi connectivity index (χ0n) is 17.5. The summed E-state index contributed by atoms with van der Waals surface area (Å²) in [6.45, 7) is 3.61. The largest absolute Gasteiger partial charge is 0.459 e. The Balaban J connectivity index is 1.43. The van der Waals surface area contributed by atoms with E-state index in [4.69, 9.17) is 4.42 Å².